The zero-order valence-electron chi connectivity index (χ0n) is 17.8. The van der Waals surface area contributed by atoms with Crippen LogP contribution in [0.3, 0.4) is 0 Å². The number of ether oxygens (including phenoxy) is 2. The summed E-state index contributed by atoms with van der Waals surface area (Å²) in [6.45, 7) is 0.0934. The van der Waals surface area contributed by atoms with Gasteiger partial charge in [-0.1, -0.05) is 60.7 Å². The van der Waals surface area contributed by atoms with E-state index in [0.29, 0.717) is 17.1 Å². The van der Waals surface area contributed by atoms with Crippen LogP contribution in [0.25, 0.3) is 0 Å². The summed E-state index contributed by atoms with van der Waals surface area (Å²) in [7, 11) is 3.24. The molecule has 1 aliphatic heterocycles. The molecule has 162 valence electrons. The smallest absolute Gasteiger partial charge is 0.409 e. The molecule has 0 aromatic heterocycles. The van der Waals surface area contributed by atoms with E-state index < -0.39 is 12.3 Å². The van der Waals surface area contributed by atoms with Crippen LogP contribution in [0.15, 0.2) is 83.9 Å². The molecule has 7 nitrogen and oxygen atoms in total. The Hall–Kier alpha value is -4.13. The fraction of sp³-hybridized carbons (Fsp3) is 0.160. The Morgan fingerprint density at radius 1 is 1.03 bits per heavy atom. The molecule has 4 rings (SSSR count). The molecule has 0 aliphatic carbocycles. The Morgan fingerprint density at radius 3 is 2.41 bits per heavy atom. The lowest BCUT2D eigenvalue weighted by atomic mass is 10.00. The largest absolute Gasteiger partial charge is 0.497 e. The molecule has 0 bridgehead atoms. The van der Waals surface area contributed by atoms with Crippen LogP contribution in [-0.2, 0) is 16.1 Å². The van der Waals surface area contributed by atoms with E-state index in [4.69, 9.17) is 9.47 Å². The third-order valence-corrected chi connectivity index (χ3v) is 5.16. The first-order valence-electron chi connectivity index (χ1n) is 10.1. The standard InChI is InChI=1S/C25H23N3O4/c1-28-21-14-13-19(31-2)15-20(21)22(18-11-7-4-8-12-18)26-23(24(28)29)27-25(30)32-16-17-9-5-3-6-10-17/h3-15,23H,16H2,1-2H3,(H,27,30). The Kier molecular flexibility index (Phi) is 6.17. The number of benzene rings is 3. The zero-order valence-corrected chi connectivity index (χ0v) is 17.8. The number of carbonyl (C=O) groups is 2. The van der Waals surface area contributed by atoms with Crippen molar-refractivity contribution in [3.63, 3.8) is 0 Å². The first-order valence-corrected chi connectivity index (χ1v) is 10.1. The number of hydrogen-bond acceptors (Lipinski definition) is 5. The molecule has 1 atom stereocenters. The summed E-state index contributed by atoms with van der Waals surface area (Å²) in [4.78, 5) is 31.8. The van der Waals surface area contributed by atoms with Gasteiger partial charge in [0.2, 0.25) is 6.17 Å². The van der Waals surface area contributed by atoms with Gasteiger partial charge in [0.05, 0.1) is 18.5 Å². The molecule has 0 fully saturated rings. The summed E-state index contributed by atoms with van der Waals surface area (Å²) >= 11 is 0. The fourth-order valence-corrected chi connectivity index (χ4v) is 3.48. The maximum Gasteiger partial charge on any atom is 0.409 e. The van der Waals surface area contributed by atoms with Gasteiger partial charge in [-0.25, -0.2) is 9.79 Å². The van der Waals surface area contributed by atoms with Crippen molar-refractivity contribution in [2.24, 2.45) is 4.99 Å². The number of likely N-dealkylation sites (N-methyl/N-ethyl adjacent to an activating group) is 1. The van der Waals surface area contributed by atoms with Crippen molar-refractivity contribution >= 4 is 23.4 Å². The molecule has 1 unspecified atom stereocenters. The second-order valence-corrected chi connectivity index (χ2v) is 7.23. The number of anilines is 1. The van der Waals surface area contributed by atoms with Gasteiger partial charge in [0.25, 0.3) is 5.91 Å². The number of rotatable bonds is 5. The molecule has 3 aromatic rings. The molecular weight excluding hydrogens is 406 g/mol. The van der Waals surface area contributed by atoms with Crippen LogP contribution < -0.4 is 15.0 Å². The average molecular weight is 429 g/mol. The molecule has 7 heteroatoms. The summed E-state index contributed by atoms with van der Waals surface area (Å²) in [5, 5.41) is 2.60. The van der Waals surface area contributed by atoms with Gasteiger partial charge in [0.15, 0.2) is 0 Å². The monoisotopic (exact) mass is 429 g/mol. The van der Waals surface area contributed by atoms with Crippen molar-refractivity contribution in [1.82, 2.24) is 5.32 Å². The SMILES string of the molecule is COc1ccc2c(c1)C(c1ccccc1)=NC(NC(=O)OCc1ccccc1)C(=O)N2C. The van der Waals surface area contributed by atoms with Crippen LogP contribution in [0, 0.1) is 0 Å². The molecule has 2 amide bonds. The molecule has 0 saturated carbocycles. The Balaban J connectivity index is 1.66. The zero-order chi connectivity index (χ0) is 22.5. The molecular formula is C25H23N3O4. The number of fused-ring (bicyclic) bond motifs is 1. The number of carbonyl (C=O) groups excluding carboxylic acids is 2. The second-order valence-electron chi connectivity index (χ2n) is 7.23. The number of nitrogens with one attached hydrogen (secondary N) is 1. The highest BCUT2D eigenvalue weighted by atomic mass is 16.5. The molecule has 32 heavy (non-hydrogen) atoms. The first kappa shape index (κ1) is 21.1. The van der Waals surface area contributed by atoms with E-state index in [1.54, 1.807) is 26.3 Å². The number of aliphatic imine (C=N–C) groups is 1. The van der Waals surface area contributed by atoms with E-state index in [9.17, 15) is 9.59 Å². The van der Waals surface area contributed by atoms with Crippen LogP contribution in [0.4, 0.5) is 10.5 Å². The molecule has 3 aromatic carbocycles. The van der Waals surface area contributed by atoms with Crippen molar-refractivity contribution in [3.05, 3.63) is 95.6 Å². The molecule has 0 saturated heterocycles. The number of hydrogen-bond donors (Lipinski definition) is 1. The minimum Gasteiger partial charge on any atom is -0.497 e. The quantitative estimate of drug-likeness (QED) is 0.670. The van der Waals surface area contributed by atoms with Crippen LogP contribution in [-0.4, -0.2) is 38.0 Å². The number of nitrogens with zero attached hydrogens (tertiary/aromatic N) is 2. The van der Waals surface area contributed by atoms with Gasteiger partial charge < -0.3 is 14.4 Å². The highest BCUT2D eigenvalue weighted by Gasteiger charge is 2.31. The average Bonchev–Trinajstić information content (AvgIpc) is 2.94. The second kappa shape index (κ2) is 9.34. The maximum absolute atomic E-state index is 13.2. The third kappa shape index (κ3) is 4.46. The van der Waals surface area contributed by atoms with E-state index >= 15 is 0 Å². The number of alkyl carbamates (subject to hydrolysis) is 1. The lowest BCUT2D eigenvalue weighted by Crippen LogP contribution is -2.46. The van der Waals surface area contributed by atoms with Gasteiger partial charge in [-0.3, -0.25) is 10.1 Å². The van der Waals surface area contributed by atoms with Crippen LogP contribution in [0.1, 0.15) is 16.7 Å². The number of methoxy groups -OCH3 is 1. The first-order chi connectivity index (χ1) is 15.6. The van der Waals surface area contributed by atoms with Crippen molar-refractivity contribution in [2.75, 3.05) is 19.1 Å². The summed E-state index contributed by atoms with van der Waals surface area (Å²) in [5.74, 6) is 0.265. The minimum atomic E-state index is -1.14. The van der Waals surface area contributed by atoms with Crippen LogP contribution in [0.2, 0.25) is 0 Å². The minimum absolute atomic E-state index is 0.0934. The van der Waals surface area contributed by atoms with Crippen LogP contribution in [0.5, 0.6) is 5.75 Å². The number of benzodiazepines with no additional fused rings is 1. The molecule has 0 radical (unpaired) electrons. The Morgan fingerprint density at radius 2 is 1.72 bits per heavy atom. The summed E-state index contributed by atoms with van der Waals surface area (Å²) < 4.78 is 10.7. The van der Waals surface area contributed by atoms with E-state index in [1.165, 1.54) is 4.90 Å². The summed E-state index contributed by atoms with van der Waals surface area (Å²) in [5.41, 5.74) is 3.63. The van der Waals surface area contributed by atoms with Gasteiger partial charge in [-0.05, 0) is 23.8 Å². The van der Waals surface area contributed by atoms with E-state index in [0.717, 1.165) is 16.7 Å². The maximum atomic E-state index is 13.2. The van der Waals surface area contributed by atoms with Crippen molar-refractivity contribution in [3.8, 4) is 5.75 Å². The third-order valence-electron chi connectivity index (χ3n) is 5.16. The van der Waals surface area contributed by atoms with Gasteiger partial charge in [0.1, 0.15) is 12.4 Å². The van der Waals surface area contributed by atoms with Crippen molar-refractivity contribution < 1.29 is 19.1 Å². The molecule has 1 heterocycles. The van der Waals surface area contributed by atoms with Gasteiger partial charge in [0, 0.05) is 18.2 Å². The highest BCUT2D eigenvalue weighted by molar-refractivity contribution is 6.20. The summed E-state index contributed by atoms with van der Waals surface area (Å²) in [6, 6.07) is 24.2. The fourth-order valence-electron chi connectivity index (χ4n) is 3.48. The predicted octanol–water partition coefficient (Wildman–Crippen LogP) is 3.76. The normalized spacial score (nSPS) is 15.3. The Labute approximate surface area is 186 Å². The van der Waals surface area contributed by atoms with Gasteiger partial charge in [-0.15, -0.1) is 0 Å². The van der Waals surface area contributed by atoms with Crippen molar-refractivity contribution in [2.45, 2.75) is 12.8 Å². The van der Waals surface area contributed by atoms with E-state index in [-0.39, 0.29) is 12.5 Å². The molecule has 0 spiro atoms. The molecule has 1 aliphatic rings. The van der Waals surface area contributed by atoms with E-state index in [1.807, 2.05) is 66.7 Å². The highest BCUT2D eigenvalue weighted by Crippen LogP contribution is 2.30. The van der Waals surface area contributed by atoms with Crippen molar-refractivity contribution in [1.29, 1.82) is 0 Å². The van der Waals surface area contributed by atoms with Gasteiger partial charge in [-0.2, -0.15) is 0 Å². The van der Waals surface area contributed by atoms with Crippen LogP contribution >= 0.6 is 0 Å². The number of amides is 2. The van der Waals surface area contributed by atoms with Gasteiger partial charge >= 0.3 is 6.09 Å². The molecule has 1 N–H and O–H groups in total. The predicted molar refractivity (Wildman–Crippen MR) is 122 cm³/mol. The lowest BCUT2D eigenvalue weighted by molar-refractivity contribution is -0.120. The Bertz CT molecular complexity index is 1150. The lowest BCUT2D eigenvalue weighted by Gasteiger charge is -2.21. The van der Waals surface area contributed by atoms with E-state index in [2.05, 4.69) is 10.3 Å². The summed E-state index contributed by atoms with van der Waals surface area (Å²) in [6.07, 6.45) is -1.86. The topological polar surface area (TPSA) is 80.2 Å².